The van der Waals surface area contributed by atoms with Gasteiger partial charge in [0.1, 0.15) is 0 Å². The lowest BCUT2D eigenvalue weighted by Gasteiger charge is -2.33. The number of hydrogen-bond donors (Lipinski definition) is 0. The number of carbonyl (C=O) groups excluding carboxylic acids is 1. The molecule has 0 N–H and O–H groups in total. The molecule has 8 nitrogen and oxygen atoms in total. The van der Waals surface area contributed by atoms with Crippen LogP contribution in [0.25, 0.3) is 10.7 Å². The molecule has 32 heavy (non-hydrogen) atoms. The van der Waals surface area contributed by atoms with Crippen molar-refractivity contribution in [2.75, 3.05) is 19.6 Å². The van der Waals surface area contributed by atoms with Crippen molar-refractivity contribution >= 4 is 27.3 Å². The Hall–Kier alpha value is -2.56. The third-order valence-electron chi connectivity index (χ3n) is 5.62. The Morgan fingerprint density at radius 1 is 1.28 bits per heavy atom. The highest BCUT2D eigenvalue weighted by Gasteiger charge is 2.35. The predicted octanol–water partition coefficient (Wildman–Crippen LogP) is 3.56. The first-order valence-corrected chi connectivity index (χ1v) is 12.9. The van der Waals surface area contributed by atoms with Gasteiger partial charge in [-0.05, 0) is 50.3 Å². The summed E-state index contributed by atoms with van der Waals surface area (Å²) in [6.45, 7) is 5.07. The van der Waals surface area contributed by atoms with Gasteiger partial charge < -0.3 is 9.42 Å². The van der Waals surface area contributed by atoms with Gasteiger partial charge in [-0.15, -0.1) is 11.3 Å². The second-order valence-electron chi connectivity index (χ2n) is 7.86. The fraction of sp³-hybridized carbons (Fsp3) is 0.409. The molecule has 0 bridgehead atoms. The van der Waals surface area contributed by atoms with Crippen LogP contribution in [0, 0.1) is 12.8 Å². The molecule has 1 fully saturated rings. The highest BCUT2D eigenvalue weighted by molar-refractivity contribution is 7.89. The van der Waals surface area contributed by atoms with E-state index in [2.05, 4.69) is 10.1 Å². The Bertz CT molecular complexity index is 1160. The minimum absolute atomic E-state index is 0.0906. The Morgan fingerprint density at radius 3 is 2.75 bits per heavy atom. The van der Waals surface area contributed by atoms with E-state index in [9.17, 15) is 13.2 Å². The Kier molecular flexibility index (Phi) is 6.73. The smallest absolute Gasteiger partial charge is 0.246 e. The van der Waals surface area contributed by atoms with Gasteiger partial charge in [0.15, 0.2) is 0 Å². The highest BCUT2D eigenvalue weighted by Crippen LogP contribution is 2.26. The van der Waals surface area contributed by atoms with Gasteiger partial charge in [-0.3, -0.25) is 4.79 Å². The molecule has 0 radical (unpaired) electrons. The van der Waals surface area contributed by atoms with Crippen molar-refractivity contribution < 1.29 is 17.7 Å². The lowest BCUT2D eigenvalue weighted by Crippen LogP contribution is -2.46. The summed E-state index contributed by atoms with van der Waals surface area (Å²) in [5, 5.41) is 5.94. The summed E-state index contributed by atoms with van der Waals surface area (Å²) in [7, 11) is -3.64. The van der Waals surface area contributed by atoms with E-state index in [0.717, 1.165) is 10.4 Å². The molecule has 3 aromatic rings. The summed E-state index contributed by atoms with van der Waals surface area (Å²) >= 11 is 1.52. The predicted molar refractivity (Wildman–Crippen MR) is 121 cm³/mol. The van der Waals surface area contributed by atoms with Crippen LogP contribution in [0.3, 0.4) is 0 Å². The number of hydrogen-bond acceptors (Lipinski definition) is 7. The second-order valence-corrected chi connectivity index (χ2v) is 10.7. The minimum atomic E-state index is -3.64. The van der Waals surface area contributed by atoms with E-state index in [-0.39, 0.29) is 23.9 Å². The first-order valence-electron chi connectivity index (χ1n) is 10.6. The average molecular weight is 475 g/mol. The van der Waals surface area contributed by atoms with Crippen molar-refractivity contribution in [3.8, 4) is 10.7 Å². The van der Waals surface area contributed by atoms with Crippen LogP contribution in [0.1, 0.15) is 31.2 Å². The van der Waals surface area contributed by atoms with Crippen LogP contribution < -0.4 is 0 Å². The highest BCUT2D eigenvalue weighted by atomic mass is 32.2. The van der Waals surface area contributed by atoms with Crippen molar-refractivity contribution in [2.45, 2.75) is 38.1 Å². The Labute approximate surface area is 191 Å². The first-order chi connectivity index (χ1) is 15.4. The lowest BCUT2D eigenvalue weighted by atomic mass is 9.98. The van der Waals surface area contributed by atoms with Gasteiger partial charge in [-0.2, -0.15) is 9.29 Å². The molecule has 1 aliphatic heterocycles. The SMILES string of the molecule is CCN(Cc1nc(-c2cccs2)no1)C(=O)C1CCCN(S(=O)(=O)c2ccc(C)cc2)C1. The fourth-order valence-electron chi connectivity index (χ4n) is 3.81. The summed E-state index contributed by atoms with van der Waals surface area (Å²) in [4.78, 5) is 20.5. The lowest BCUT2D eigenvalue weighted by molar-refractivity contribution is -0.137. The number of nitrogens with zero attached hydrogens (tertiary/aromatic N) is 4. The number of aryl methyl sites for hydroxylation is 1. The summed E-state index contributed by atoms with van der Waals surface area (Å²) in [6, 6.07) is 10.6. The average Bonchev–Trinajstić information content (AvgIpc) is 3.49. The van der Waals surface area contributed by atoms with Gasteiger partial charge in [-0.25, -0.2) is 8.42 Å². The molecular formula is C22H26N4O4S2. The number of carbonyl (C=O) groups is 1. The monoisotopic (exact) mass is 474 g/mol. The zero-order chi connectivity index (χ0) is 22.7. The molecule has 170 valence electrons. The van der Waals surface area contributed by atoms with Crippen molar-refractivity contribution in [2.24, 2.45) is 5.92 Å². The van der Waals surface area contributed by atoms with E-state index in [1.807, 2.05) is 31.4 Å². The molecule has 0 aliphatic carbocycles. The van der Waals surface area contributed by atoms with Crippen LogP contribution in [0.4, 0.5) is 0 Å². The number of piperidine rings is 1. The van der Waals surface area contributed by atoms with E-state index in [1.165, 1.54) is 15.6 Å². The number of benzene rings is 1. The first kappa shape index (κ1) is 22.6. The van der Waals surface area contributed by atoms with Crippen LogP contribution in [-0.2, 0) is 21.4 Å². The van der Waals surface area contributed by atoms with Gasteiger partial charge in [0.25, 0.3) is 0 Å². The quantitative estimate of drug-likeness (QED) is 0.520. The molecular weight excluding hydrogens is 448 g/mol. The number of sulfonamides is 1. The number of rotatable bonds is 7. The molecule has 1 saturated heterocycles. The maximum atomic E-state index is 13.2. The minimum Gasteiger partial charge on any atom is -0.337 e. The van der Waals surface area contributed by atoms with E-state index >= 15 is 0 Å². The maximum Gasteiger partial charge on any atom is 0.246 e. The molecule has 10 heteroatoms. The molecule has 3 heterocycles. The van der Waals surface area contributed by atoms with Crippen molar-refractivity contribution in [3.05, 3.63) is 53.2 Å². The fourth-order valence-corrected chi connectivity index (χ4v) is 5.99. The summed E-state index contributed by atoms with van der Waals surface area (Å²) < 4.78 is 32.9. The van der Waals surface area contributed by atoms with Gasteiger partial charge >= 0.3 is 0 Å². The molecule has 1 aliphatic rings. The third-order valence-corrected chi connectivity index (χ3v) is 8.37. The zero-order valence-corrected chi connectivity index (χ0v) is 19.7. The summed E-state index contributed by atoms with van der Waals surface area (Å²) in [6.07, 6.45) is 1.29. The number of aromatic nitrogens is 2. The van der Waals surface area contributed by atoms with Crippen LogP contribution in [-0.4, -0.2) is 53.3 Å². The molecule has 0 saturated carbocycles. The van der Waals surface area contributed by atoms with Gasteiger partial charge in [0, 0.05) is 19.6 Å². The van der Waals surface area contributed by atoms with Gasteiger partial charge in [-0.1, -0.05) is 28.9 Å². The third kappa shape index (κ3) is 4.77. The molecule has 2 aromatic heterocycles. The van der Waals surface area contributed by atoms with Crippen LogP contribution in [0.5, 0.6) is 0 Å². The molecule has 1 amide bonds. The van der Waals surface area contributed by atoms with Gasteiger partial charge in [0.2, 0.25) is 27.6 Å². The molecule has 1 unspecified atom stereocenters. The van der Waals surface area contributed by atoms with Crippen molar-refractivity contribution in [3.63, 3.8) is 0 Å². The number of thiophene rings is 1. The van der Waals surface area contributed by atoms with E-state index in [0.29, 0.717) is 37.6 Å². The van der Waals surface area contributed by atoms with Crippen molar-refractivity contribution in [1.29, 1.82) is 0 Å². The molecule has 1 atom stereocenters. The zero-order valence-electron chi connectivity index (χ0n) is 18.1. The second kappa shape index (κ2) is 9.51. The van der Waals surface area contributed by atoms with E-state index in [1.54, 1.807) is 29.2 Å². The van der Waals surface area contributed by atoms with Crippen LogP contribution in [0.2, 0.25) is 0 Å². The topological polar surface area (TPSA) is 96.6 Å². The molecule has 4 rings (SSSR count). The Balaban J connectivity index is 1.45. The largest absolute Gasteiger partial charge is 0.337 e. The normalized spacial score (nSPS) is 17.4. The molecule has 1 aromatic carbocycles. The summed E-state index contributed by atoms with van der Waals surface area (Å²) in [5.74, 6) is 0.380. The van der Waals surface area contributed by atoms with E-state index < -0.39 is 15.9 Å². The van der Waals surface area contributed by atoms with Gasteiger partial charge in [0.05, 0.1) is 22.2 Å². The number of amides is 1. The van der Waals surface area contributed by atoms with E-state index in [4.69, 9.17) is 4.52 Å². The standard InChI is InChI=1S/C22H26N4O4S2/c1-3-25(15-20-23-21(24-30-20)19-7-5-13-31-19)22(27)17-6-4-12-26(14-17)32(28,29)18-10-8-16(2)9-11-18/h5,7-11,13,17H,3-4,6,12,14-15H2,1-2H3. The van der Waals surface area contributed by atoms with Crippen LogP contribution >= 0.6 is 11.3 Å². The maximum absolute atomic E-state index is 13.2. The molecule has 0 spiro atoms. The van der Waals surface area contributed by atoms with Crippen LogP contribution in [0.15, 0.2) is 51.2 Å². The summed E-state index contributed by atoms with van der Waals surface area (Å²) in [5.41, 5.74) is 0.998. The van der Waals surface area contributed by atoms with Crippen molar-refractivity contribution in [1.82, 2.24) is 19.3 Å². The Morgan fingerprint density at radius 2 is 2.06 bits per heavy atom.